The van der Waals surface area contributed by atoms with Crippen molar-refractivity contribution in [3.05, 3.63) is 76.9 Å². The van der Waals surface area contributed by atoms with Crippen LogP contribution in [0.15, 0.2) is 53.3 Å². The average molecular weight is 407 g/mol. The van der Waals surface area contributed by atoms with E-state index < -0.39 is 0 Å². The van der Waals surface area contributed by atoms with Crippen molar-refractivity contribution in [2.24, 2.45) is 0 Å². The van der Waals surface area contributed by atoms with E-state index in [4.69, 9.17) is 14.0 Å². The summed E-state index contributed by atoms with van der Waals surface area (Å²) in [5.41, 5.74) is 3.59. The molecule has 0 unspecified atom stereocenters. The number of ether oxygens (including phenoxy) is 2. The van der Waals surface area contributed by atoms with Crippen LogP contribution in [0.3, 0.4) is 0 Å². The van der Waals surface area contributed by atoms with Gasteiger partial charge in [-0.3, -0.25) is 9.78 Å². The Labute approximate surface area is 175 Å². The molecule has 0 aliphatic rings. The van der Waals surface area contributed by atoms with Gasteiger partial charge in [-0.25, -0.2) is 0 Å². The molecular formula is C23H25N3O4. The van der Waals surface area contributed by atoms with E-state index in [0.29, 0.717) is 24.7 Å². The normalized spacial score (nSPS) is 10.9. The number of hydrogen-bond donors (Lipinski definition) is 0. The summed E-state index contributed by atoms with van der Waals surface area (Å²) in [6.45, 7) is 4.59. The van der Waals surface area contributed by atoms with Gasteiger partial charge in [0, 0.05) is 32.1 Å². The number of rotatable bonds is 8. The summed E-state index contributed by atoms with van der Waals surface area (Å²) < 4.78 is 16.5. The Morgan fingerprint density at radius 3 is 2.60 bits per heavy atom. The summed E-state index contributed by atoms with van der Waals surface area (Å²) in [4.78, 5) is 18.0. The molecular weight excluding hydrogens is 382 g/mol. The van der Waals surface area contributed by atoms with Crippen LogP contribution in [0.5, 0.6) is 11.5 Å². The molecule has 3 aromatic rings. The molecule has 0 N–H and O–H groups in total. The molecule has 1 amide bonds. The third-order valence-corrected chi connectivity index (χ3v) is 4.70. The van der Waals surface area contributed by atoms with Gasteiger partial charge in [0.05, 0.1) is 18.4 Å². The lowest BCUT2D eigenvalue weighted by atomic mass is 10.1. The zero-order valence-corrected chi connectivity index (χ0v) is 17.6. The number of carbonyl (C=O) groups excluding carboxylic acids is 1. The fraction of sp³-hybridized carbons (Fsp3) is 0.261. The standard InChI is InChI=1S/C23H25N3O4/c1-16-20(17(2)30-25-16)15-29-21-7-5-18(13-22(21)28-4)6-8-23(27)26(3)14-19-9-11-24-12-10-19/h5-13H,14-15H2,1-4H3/b8-6+. The zero-order chi connectivity index (χ0) is 21.5. The Kier molecular flexibility index (Phi) is 6.85. The number of aromatic nitrogens is 2. The molecule has 0 radical (unpaired) electrons. The number of nitrogens with zero attached hydrogens (tertiary/aromatic N) is 3. The molecule has 2 heterocycles. The van der Waals surface area contributed by atoms with Crippen molar-refractivity contribution in [2.75, 3.05) is 14.2 Å². The Morgan fingerprint density at radius 1 is 1.17 bits per heavy atom. The minimum atomic E-state index is -0.0930. The first-order chi connectivity index (χ1) is 14.5. The minimum Gasteiger partial charge on any atom is -0.493 e. The topological polar surface area (TPSA) is 77.7 Å². The molecule has 7 heteroatoms. The van der Waals surface area contributed by atoms with Gasteiger partial charge >= 0.3 is 0 Å². The van der Waals surface area contributed by atoms with Crippen molar-refractivity contribution in [1.29, 1.82) is 0 Å². The summed E-state index contributed by atoms with van der Waals surface area (Å²) in [5, 5.41) is 3.93. The van der Waals surface area contributed by atoms with E-state index in [0.717, 1.165) is 28.1 Å². The van der Waals surface area contributed by atoms with Gasteiger partial charge in [0.15, 0.2) is 11.5 Å². The number of aryl methyl sites for hydroxylation is 2. The fourth-order valence-electron chi connectivity index (χ4n) is 2.90. The van der Waals surface area contributed by atoms with E-state index >= 15 is 0 Å². The van der Waals surface area contributed by atoms with Crippen molar-refractivity contribution in [2.45, 2.75) is 27.0 Å². The van der Waals surface area contributed by atoms with Crippen molar-refractivity contribution < 1.29 is 18.8 Å². The Morgan fingerprint density at radius 2 is 1.93 bits per heavy atom. The fourth-order valence-corrected chi connectivity index (χ4v) is 2.90. The van der Waals surface area contributed by atoms with Gasteiger partial charge < -0.3 is 18.9 Å². The largest absolute Gasteiger partial charge is 0.493 e. The van der Waals surface area contributed by atoms with Crippen LogP contribution in [0.4, 0.5) is 0 Å². The van der Waals surface area contributed by atoms with Crippen LogP contribution in [0, 0.1) is 13.8 Å². The van der Waals surface area contributed by atoms with Gasteiger partial charge in [-0.1, -0.05) is 11.2 Å². The maximum absolute atomic E-state index is 12.4. The van der Waals surface area contributed by atoms with E-state index in [9.17, 15) is 4.79 Å². The number of carbonyl (C=O) groups is 1. The number of hydrogen-bond acceptors (Lipinski definition) is 6. The van der Waals surface area contributed by atoms with Crippen LogP contribution < -0.4 is 9.47 Å². The van der Waals surface area contributed by atoms with Crippen LogP contribution in [0.2, 0.25) is 0 Å². The van der Waals surface area contributed by atoms with Crippen LogP contribution in [-0.2, 0) is 17.9 Å². The van der Waals surface area contributed by atoms with Gasteiger partial charge in [-0.2, -0.15) is 0 Å². The van der Waals surface area contributed by atoms with Crippen molar-refractivity contribution in [3.63, 3.8) is 0 Å². The van der Waals surface area contributed by atoms with Gasteiger partial charge in [-0.05, 0) is 55.3 Å². The average Bonchev–Trinajstić information content (AvgIpc) is 3.08. The molecule has 0 fully saturated rings. The Balaban J connectivity index is 1.64. The lowest BCUT2D eigenvalue weighted by Crippen LogP contribution is -2.24. The molecule has 0 spiro atoms. The quantitative estimate of drug-likeness (QED) is 0.526. The highest BCUT2D eigenvalue weighted by Crippen LogP contribution is 2.30. The van der Waals surface area contributed by atoms with Crippen LogP contribution in [0.25, 0.3) is 6.08 Å². The van der Waals surface area contributed by atoms with Crippen LogP contribution in [0.1, 0.15) is 28.1 Å². The molecule has 3 rings (SSSR count). The lowest BCUT2D eigenvalue weighted by Gasteiger charge is -2.15. The molecule has 1 aromatic carbocycles. The molecule has 0 bridgehead atoms. The molecule has 0 saturated carbocycles. The van der Waals surface area contributed by atoms with E-state index in [2.05, 4.69) is 10.1 Å². The Bertz CT molecular complexity index is 1010. The molecule has 0 saturated heterocycles. The number of amides is 1. The van der Waals surface area contributed by atoms with Gasteiger partial charge in [0.1, 0.15) is 12.4 Å². The third-order valence-electron chi connectivity index (χ3n) is 4.70. The minimum absolute atomic E-state index is 0.0930. The van der Waals surface area contributed by atoms with Gasteiger partial charge in [0.2, 0.25) is 5.91 Å². The highest BCUT2D eigenvalue weighted by Gasteiger charge is 2.12. The van der Waals surface area contributed by atoms with Crippen molar-refractivity contribution in [1.82, 2.24) is 15.0 Å². The third kappa shape index (κ3) is 5.26. The maximum Gasteiger partial charge on any atom is 0.246 e. The highest BCUT2D eigenvalue weighted by atomic mass is 16.5. The Hall–Kier alpha value is -3.61. The van der Waals surface area contributed by atoms with Crippen LogP contribution in [-0.4, -0.2) is 35.1 Å². The van der Waals surface area contributed by atoms with E-state index in [1.54, 1.807) is 43.6 Å². The molecule has 30 heavy (non-hydrogen) atoms. The second-order valence-corrected chi connectivity index (χ2v) is 6.88. The van der Waals surface area contributed by atoms with Crippen molar-refractivity contribution in [3.8, 4) is 11.5 Å². The number of benzene rings is 1. The van der Waals surface area contributed by atoms with Gasteiger partial charge in [0.25, 0.3) is 0 Å². The first-order valence-electron chi connectivity index (χ1n) is 9.52. The predicted octanol–water partition coefficient (Wildman–Crippen LogP) is 3.95. The molecule has 7 nitrogen and oxygen atoms in total. The molecule has 156 valence electrons. The molecule has 0 atom stereocenters. The highest BCUT2D eigenvalue weighted by molar-refractivity contribution is 5.91. The predicted molar refractivity (Wildman–Crippen MR) is 113 cm³/mol. The summed E-state index contributed by atoms with van der Waals surface area (Å²) in [7, 11) is 3.35. The summed E-state index contributed by atoms with van der Waals surface area (Å²) in [5.74, 6) is 1.84. The van der Waals surface area contributed by atoms with Crippen LogP contribution >= 0.6 is 0 Å². The van der Waals surface area contributed by atoms with Crippen molar-refractivity contribution >= 4 is 12.0 Å². The molecule has 0 aliphatic carbocycles. The summed E-state index contributed by atoms with van der Waals surface area (Å²) in [6.07, 6.45) is 6.72. The van der Waals surface area contributed by atoms with E-state index in [1.165, 1.54) is 0 Å². The van der Waals surface area contributed by atoms with E-state index in [1.807, 2.05) is 44.2 Å². The second-order valence-electron chi connectivity index (χ2n) is 6.88. The molecule has 2 aromatic heterocycles. The lowest BCUT2D eigenvalue weighted by molar-refractivity contribution is -0.125. The number of likely N-dealkylation sites (N-methyl/N-ethyl adjacent to an activating group) is 1. The summed E-state index contributed by atoms with van der Waals surface area (Å²) >= 11 is 0. The summed E-state index contributed by atoms with van der Waals surface area (Å²) in [6, 6.07) is 9.30. The first-order valence-corrected chi connectivity index (χ1v) is 9.52. The monoisotopic (exact) mass is 407 g/mol. The second kappa shape index (κ2) is 9.73. The van der Waals surface area contributed by atoms with Gasteiger partial charge in [-0.15, -0.1) is 0 Å². The first kappa shape index (κ1) is 21.1. The number of pyridine rings is 1. The smallest absolute Gasteiger partial charge is 0.246 e. The molecule has 0 aliphatic heterocycles. The zero-order valence-electron chi connectivity index (χ0n) is 17.6. The van der Waals surface area contributed by atoms with E-state index in [-0.39, 0.29) is 5.91 Å². The number of methoxy groups -OCH3 is 1. The SMILES string of the molecule is COc1cc(/C=C/C(=O)N(C)Cc2ccncc2)ccc1OCc1c(C)noc1C. The maximum atomic E-state index is 12.4.